The second kappa shape index (κ2) is 4.50. The van der Waals surface area contributed by atoms with Crippen LogP contribution in [-0.4, -0.2) is 17.9 Å². The average molecular weight is 248 g/mol. The number of hydrogen-bond donors (Lipinski definition) is 0. The molecule has 2 rings (SSSR count). The fourth-order valence-electron chi connectivity index (χ4n) is 2.12. The molecule has 0 aliphatic heterocycles. The summed E-state index contributed by atoms with van der Waals surface area (Å²) in [5, 5.41) is 11.2. The van der Waals surface area contributed by atoms with E-state index in [4.69, 9.17) is 5.26 Å². The van der Waals surface area contributed by atoms with Gasteiger partial charge >= 0.3 is 0 Å². The van der Waals surface area contributed by atoms with Gasteiger partial charge < -0.3 is 4.90 Å². The monoisotopic (exact) mass is 248 g/mol. The Morgan fingerprint density at radius 3 is 2.76 bits per heavy atom. The Kier molecular flexibility index (Phi) is 3.21. The predicted molar refractivity (Wildman–Crippen MR) is 67.4 cm³/mol. The molecule has 0 aromatic carbocycles. The second-order valence-electron chi connectivity index (χ2n) is 4.74. The highest BCUT2D eigenvalue weighted by Gasteiger charge is 2.46. The van der Waals surface area contributed by atoms with Gasteiger partial charge in [-0.25, -0.2) is 0 Å². The van der Waals surface area contributed by atoms with Gasteiger partial charge in [-0.15, -0.1) is 11.3 Å². The third-order valence-electron chi connectivity index (χ3n) is 3.53. The van der Waals surface area contributed by atoms with Gasteiger partial charge in [0.1, 0.15) is 5.41 Å². The first-order chi connectivity index (χ1) is 8.09. The van der Waals surface area contributed by atoms with Crippen LogP contribution in [0.4, 0.5) is 0 Å². The van der Waals surface area contributed by atoms with Crippen molar-refractivity contribution >= 4 is 17.2 Å². The minimum absolute atomic E-state index is 0.0148. The Hall–Kier alpha value is -1.34. The molecule has 0 radical (unpaired) electrons. The molecule has 1 aromatic rings. The molecule has 1 saturated carbocycles. The molecule has 0 atom stereocenters. The summed E-state index contributed by atoms with van der Waals surface area (Å²) in [6.45, 7) is 2.67. The lowest BCUT2D eigenvalue weighted by molar-refractivity contribution is -0.142. The first kappa shape index (κ1) is 12.1. The molecule has 0 unspecified atom stereocenters. The molecular formula is C13H16N2OS. The molecule has 0 saturated heterocycles. The zero-order chi connectivity index (χ0) is 12.5. The van der Waals surface area contributed by atoms with Crippen LogP contribution in [0.3, 0.4) is 0 Å². The van der Waals surface area contributed by atoms with E-state index in [1.807, 2.05) is 12.3 Å². The fourth-order valence-corrected chi connectivity index (χ4v) is 3.08. The highest BCUT2D eigenvalue weighted by Crippen LogP contribution is 2.41. The third kappa shape index (κ3) is 2.07. The summed E-state index contributed by atoms with van der Waals surface area (Å²) in [6.07, 6.45) is 2.43. The first-order valence-corrected chi connectivity index (χ1v) is 6.67. The van der Waals surface area contributed by atoms with Gasteiger partial charge in [-0.05, 0) is 43.2 Å². The Labute approximate surface area is 106 Å². The number of amides is 1. The van der Waals surface area contributed by atoms with Crippen molar-refractivity contribution in [3.8, 4) is 6.07 Å². The molecule has 1 aliphatic carbocycles. The van der Waals surface area contributed by atoms with E-state index in [9.17, 15) is 4.79 Å². The summed E-state index contributed by atoms with van der Waals surface area (Å²) in [6, 6.07) is 4.26. The highest BCUT2D eigenvalue weighted by atomic mass is 32.1. The van der Waals surface area contributed by atoms with E-state index in [-0.39, 0.29) is 5.91 Å². The number of thiophene rings is 1. The largest absolute Gasteiger partial charge is 0.339 e. The summed E-state index contributed by atoms with van der Waals surface area (Å²) in [5.74, 6) is -0.0148. The normalized spacial score (nSPS) is 17.0. The Morgan fingerprint density at radius 1 is 1.65 bits per heavy atom. The van der Waals surface area contributed by atoms with E-state index in [2.05, 4.69) is 12.1 Å². The van der Waals surface area contributed by atoms with Crippen LogP contribution in [-0.2, 0) is 11.3 Å². The van der Waals surface area contributed by atoms with E-state index in [0.29, 0.717) is 6.54 Å². The fraction of sp³-hybridized carbons (Fsp3) is 0.538. The van der Waals surface area contributed by atoms with Gasteiger partial charge in [-0.3, -0.25) is 4.79 Å². The van der Waals surface area contributed by atoms with Crippen LogP contribution in [0.15, 0.2) is 11.4 Å². The van der Waals surface area contributed by atoms with E-state index in [0.717, 1.165) is 19.3 Å². The van der Waals surface area contributed by atoms with Gasteiger partial charge in [0.2, 0.25) is 5.91 Å². The molecular weight excluding hydrogens is 232 g/mol. The van der Waals surface area contributed by atoms with Gasteiger partial charge in [-0.1, -0.05) is 0 Å². The van der Waals surface area contributed by atoms with Crippen LogP contribution in [0.2, 0.25) is 0 Å². The minimum Gasteiger partial charge on any atom is -0.339 e. The van der Waals surface area contributed by atoms with E-state index in [1.165, 1.54) is 10.4 Å². The molecule has 0 bridgehead atoms. The second-order valence-corrected chi connectivity index (χ2v) is 5.74. The van der Waals surface area contributed by atoms with Gasteiger partial charge in [0.05, 0.1) is 12.6 Å². The maximum atomic E-state index is 12.2. The predicted octanol–water partition coefficient (Wildman–Crippen LogP) is 2.71. The zero-order valence-electron chi connectivity index (χ0n) is 10.2. The van der Waals surface area contributed by atoms with Crippen molar-refractivity contribution in [1.82, 2.24) is 4.90 Å². The lowest BCUT2D eigenvalue weighted by Crippen LogP contribution is -2.45. The standard InChI is InChI=1S/C13H16N2OS/c1-10-4-7-17-11(10)8-15(2)12(16)13(9-14)5-3-6-13/h4,7H,3,5-6,8H2,1-2H3. The summed E-state index contributed by atoms with van der Waals surface area (Å²) in [7, 11) is 1.79. The molecule has 1 aliphatic rings. The number of aryl methyl sites for hydroxylation is 1. The maximum Gasteiger partial charge on any atom is 0.243 e. The van der Waals surface area contributed by atoms with Crippen molar-refractivity contribution in [2.75, 3.05) is 7.05 Å². The smallest absolute Gasteiger partial charge is 0.243 e. The molecule has 4 heteroatoms. The number of carbonyl (C=O) groups is 1. The Balaban J connectivity index is 2.06. The molecule has 0 spiro atoms. The van der Waals surface area contributed by atoms with Crippen molar-refractivity contribution in [1.29, 1.82) is 5.26 Å². The minimum atomic E-state index is -0.722. The quantitative estimate of drug-likeness (QED) is 0.825. The van der Waals surface area contributed by atoms with Crippen molar-refractivity contribution in [3.63, 3.8) is 0 Å². The lowest BCUT2D eigenvalue weighted by Gasteiger charge is -2.36. The topological polar surface area (TPSA) is 44.1 Å². The Bertz CT molecular complexity index is 468. The van der Waals surface area contributed by atoms with Crippen LogP contribution in [0, 0.1) is 23.7 Å². The molecule has 0 N–H and O–H groups in total. The molecule has 1 fully saturated rings. The van der Waals surface area contributed by atoms with E-state index >= 15 is 0 Å². The SMILES string of the molecule is Cc1ccsc1CN(C)C(=O)C1(C#N)CCC1. The van der Waals surface area contributed by atoms with Crippen LogP contribution < -0.4 is 0 Å². The van der Waals surface area contributed by atoms with Crippen LogP contribution in [0.25, 0.3) is 0 Å². The summed E-state index contributed by atoms with van der Waals surface area (Å²) >= 11 is 1.66. The number of rotatable bonds is 3. The lowest BCUT2D eigenvalue weighted by atomic mass is 9.69. The number of hydrogen-bond acceptors (Lipinski definition) is 3. The van der Waals surface area contributed by atoms with E-state index < -0.39 is 5.41 Å². The van der Waals surface area contributed by atoms with Gasteiger partial charge in [0.15, 0.2) is 0 Å². The van der Waals surface area contributed by atoms with Gasteiger partial charge in [0, 0.05) is 11.9 Å². The first-order valence-electron chi connectivity index (χ1n) is 5.79. The van der Waals surface area contributed by atoms with E-state index in [1.54, 1.807) is 23.3 Å². The van der Waals surface area contributed by atoms with Crippen molar-refractivity contribution < 1.29 is 4.79 Å². The average Bonchev–Trinajstić information content (AvgIpc) is 2.63. The summed E-state index contributed by atoms with van der Waals surface area (Å²) in [5.41, 5.74) is 0.495. The summed E-state index contributed by atoms with van der Waals surface area (Å²) in [4.78, 5) is 15.1. The molecule has 1 heterocycles. The third-order valence-corrected chi connectivity index (χ3v) is 4.53. The van der Waals surface area contributed by atoms with Crippen LogP contribution >= 0.6 is 11.3 Å². The molecule has 1 amide bonds. The zero-order valence-corrected chi connectivity index (χ0v) is 11.0. The van der Waals surface area contributed by atoms with Gasteiger partial charge in [-0.2, -0.15) is 5.26 Å². The number of nitriles is 1. The summed E-state index contributed by atoms with van der Waals surface area (Å²) < 4.78 is 0. The molecule has 3 nitrogen and oxygen atoms in total. The van der Waals surface area contributed by atoms with Crippen molar-refractivity contribution in [2.45, 2.75) is 32.7 Å². The van der Waals surface area contributed by atoms with Crippen LogP contribution in [0.5, 0.6) is 0 Å². The highest BCUT2D eigenvalue weighted by molar-refractivity contribution is 7.10. The van der Waals surface area contributed by atoms with Gasteiger partial charge in [0.25, 0.3) is 0 Å². The maximum absolute atomic E-state index is 12.2. The number of nitrogens with zero attached hydrogens (tertiary/aromatic N) is 2. The molecule has 17 heavy (non-hydrogen) atoms. The number of carbonyl (C=O) groups excluding carboxylic acids is 1. The van der Waals surface area contributed by atoms with Crippen LogP contribution in [0.1, 0.15) is 29.7 Å². The molecule has 90 valence electrons. The molecule has 1 aromatic heterocycles. The van der Waals surface area contributed by atoms with Crippen molar-refractivity contribution in [2.24, 2.45) is 5.41 Å². The Morgan fingerprint density at radius 2 is 2.35 bits per heavy atom. The van der Waals surface area contributed by atoms with Crippen molar-refractivity contribution in [3.05, 3.63) is 21.9 Å².